The lowest BCUT2D eigenvalue weighted by Crippen LogP contribution is -2.61. The summed E-state index contributed by atoms with van der Waals surface area (Å²) < 4.78 is 121. The minimum absolute atomic E-state index is 0.000630. The summed E-state index contributed by atoms with van der Waals surface area (Å²) in [6.07, 6.45) is -11.4. The molecule has 4 fully saturated rings. The maximum absolute atomic E-state index is 12.4. The molecule has 31 heteroatoms. The van der Waals surface area contributed by atoms with Crippen molar-refractivity contribution in [3.8, 4) is 34.5 Å². The third-order valence-corrected chi connectivity index (χ3v) is 17.4. The van der Waals surface area contributed by atoms with Gasteiger partial charge in [0.1, 0.15) is 49.8 Å². The maximum atomic E-state index is 12.4. The van der Waals surface area contributed by atoms with E-state index in [-0.39, 0.29) is 67.3 Å². The number of carbonyl (C=O) groups excluding carboxylic acids is 8. The van der Waals surface area contributed by atoms with Gasteiger partial charge in [-0.05, 0) is 49.9 Å². The summed E-state index contributed by atoms with van der Waals surface area (Å²) >= 11 is 3.38. The molecule has 0 spiro atoms. The molecule has 0 radical (unpaired) electrons. The van der Waals surface area contributed by atoms with Gasteiger partial charge in [-0.3, -0.25) is 38.4 Å². The Morgan fingerprint density at radius 2 is 0.773 bits per heavy atom. The quantitative estimate of drug-likeness (QED) is 0.0688. The van der Waals surface area contributed by atoms with Gasteiger partial charge in [-0.2, -0.15) is 0 Å². The number of phenolic OH excluding ortho intramolecular Hbond substituents is 1. The molecule has 97 heavy (non-hydrogen) atoms. The fourth-order valence-corrected chi connectivity index (χ4v) is 12.5. The molecule has 0 bridgehead atoms. The number of benzene rings is 2. The number of esters is 8. The summed E-state index contributed by atoms with van der Waals surface area (Å²) in [7, 11) is 0. The second kappa shape index (κ2) is 35.3. The lowest BCUT2D eigenvalue weighted by Gasteiger charge is -2.48. The normalized spacial score (nSPS) is 33.7. The average Bonchev–Trinajstić information content (AvgIpc) is 1.78. The molecule has 2 unspecified atom stereocenters. The Balaban J connectivity index is 0.000000263. The van der Waals surface area contributed by atoms with Crippen LogP contribution in [0.4, 0.5) is 0 Å². The molecule has 544 valence electrons. The van der Waals surface area contributed by atoms with Gasteiger partial charge >= 0.3 is 59.7 Å². The average molecular weight is 1450 g/mol. The monoisotopic (exact) mass is 1440 g/mol. The minimum Gasteiger partial charge on any atom is -0.504 e. The van der Waals surface area contributed by atoms with Crippen LogP contribution in [0.2, 0.25) is 0 Å². The number of para-hydroxylation sites is 2. The summed E-state index contributed by atoms with van der Waals surface area (Å²) in [5.41, 5.74) is 0. The Morgan fingerprint density at radius 3 is 1.18 bits per heavy atom. The SMILES string of the molecule is CC(=O)OC[C@H]1O[C@@H](O[C@H]2[C@H](C)[C@@H](OC(C)=O)[C@@H](Br)O[C@@H]2COC(C)=O)[C@H](OC(C)=O)[C@@H](C)[C@H]1C.CCOC1(C)Oc2cccc(O)c2O1.CCOC1(C)Oc2cccc(O[C@@H]3O[C@H](COC(C)=O)[C@@H](O[C@@H]4O[C@H](COC(C)=O)[C@H](C)[C@H](C)[C@H]4OC(C)=O)[C@H](C)[C@H]3OC(C)=O)c2O1. The fraction of sp³-hybridized carbons (Fsp3) is 0.697. The van der Waals surface area contributed by atoms with Crippen LogP contribution in [0.5, 0.6) is 34.5 Å². The van der Waals surface area contributed by atoms with Gasteiger partial charge < -0.3 is 105 Å². The van der Waals surface area contributed by atoms with Gasteiger partial charge in [-0.25, -0.2) is 0 Å². The highest BCUT2D eigenvalue weighted by Gasteiger charge is 2.55. The van der Waals surface area contributed by atoms with E-state index < -0.39 is 156 Å². The van der Waals surface area contributed by atoms with E-state index in [0.717, 1.165) is 0 Å². The molecular formula is C66H93BrO30. The van der Waals surface area contributed by atoms with Gasteiger partial charge in [0.15, 0.2) is 53.9 Å². The van der Waals surface area contributed by atoms with Crippen molar-refractivity contribution in [3.63, 3.8) is 0 Å². The maximum Gasteiger partial charge on any atom is 0.369 e. The second-order valence-corrected chi connectivity index (χ2v) is 25.2. The highest BCUT2D eigenvalue weighted by molar-refractivity contribution is 9.09. The topological polar surface area (TPSA) is 351 Å². The molecule has 30 nitrogen and oxygen atoms in total. The molecule has 0 amide bonds. The predicted octanol–water partition coefficient (Wildman–Crippen LogP) is 7.27. The van der Waals surface area contributed by atoms with Crippen LogP contribution >= 0.6 is 15.9 Å². The van der Waals surface area contributed by atoms with Crippen LogP contribution in [0.25, 0.3) is 0 Å². The summed E-state index contributed by atoms with van der Waals surface area (Å²) in [6.45, 7) is 28.7. The number of hydrogen-bond acceptors (Lipinski definition) is 30. The number of aromatic hydroxyl groups is 1. The van der Waals surface area contributed by atoms with Crippen LogP contribution in [0.3, 0.4) is 0 Å². The van der Waals surface area contributed by atoms with Gasteiger partial charge in [-0.1, -0.05) is 69.6 Å². The van der Waals surface area contributed by atoms with E-state index in [2.05, 4.69) is 15.9 Å². The van der Waals surface area contributed by atoms with Crippen LogP contribution in [-0.2, 0) is 114 Å². The lowest BCUT2D eigenvalue weighted by molar-refractivity contribution is -0.336. The van der Waals surface area contributed by atoms with Crippen molar-refractivity contribution in [1.82, 2.24) is 0 Å². The number of halogens is 1. The third-order valence-electron chi connectivity index (χ3n) is 16.7. The molecule has 0 aliphatic carbocycles. The largest absolute Gasteiger partial charge is 0.504 e. The fourth-order valence-electron chi connectivity index (χ4n) is 11.7. The van der Waals surface area contributed by atoms with Crippen molar-refractivity contribution in [1.29, 1.82) is 0 Å². The Bertz CT molecular complexity index is 3010. The van der Waals surface area contributed by atoms with Gasteiger partial charge in [0.05, 0.1) is 37.6 Å². The molecule has 6 heterocycles. The number of carbonyl (C=O) groups is 8. The molecule has 2 aromatic rings. The third kappa shape index (κ3) is 21.6. The summed E-state index contributed by atoms with van der Waals surface area (Å²) in [5.74, 6) is -6.84. The summed E-state index contributed by atoms with van der Waals surface area (Å²) in [6, 6.07) is 9.96. The number of phenols is 1. The van der Waals surface area contributed by atoms with E-state index in [0.29, 0.717) is 30.5 Å². The molecular weight excluding hydrogens is 1350 g/mol. The van der Waals surface area contributed by atoms with Crippen molar-refractivity contribution in [2.75, 3.05) is 39.6 Å². The number of rotatable bonds is 22. The van der Waals surface area contributed by atoms with Crippen LogP contribution in [0, 0.1) is 35.5 Å². The highest BCUT2D eigenvalue weighted by atomic mass is 79.9. The Kier molecular flexibility index (Phi) is 28.8. The molecule has 1 N–H and O–H groups in total. The first-order valence-corrected chi connectivity index (χ1v) is 32.9. The van der Waals surface area contributed by atoms with Crippen molar-refractivity contribution in [3.05, 3.63) is 36.4 Å². The Morgan fingerprint density at radius 1 is 0.423 bits per heavy atom. The molecule has 22 atom stereocenters. The number of ether oxygens (including phenoxy) is 21. The van der Waals surface area contributed by atoms with Crippen LogP contribution in [0.1, 0.15) is 125 Å². The standard InChI is InChI=1S/C33H46O15.C23H35BrO11.C10H12O4/c1-10-40-33(9)47-24-13-11-12-23(30(24)48-33)43-31-29(42-22(8)37)18(4)27(26(45-31)15-39-20(6)35)46-32-28(41-21(7)36)17(3)16(2)25(44-32)14-38-19(5)34;1-10-11(2)21(32-16(7)28)23(34-17(10)8-29-13(4)25)35-19-12(3)20(31-15(6)27)22(24)33-18(19)9-30-14(5)26;1-3-12-10(2)13-8-6-4-5-7(11)9(8)14-10/h11-13,16-18,25-29,31-32H,10,14-15H2,1-9H3;10-12,17-23H,8-9H2,1-7H3;4-6,11H,3H2,1-2H3/t16-,17+,18+,25-,26-,27+,28-,29-,31-,32+,33?;10-,11+,12+,17-,18-,19+,20-,21-,22+,23+;/m11./s1. The smallest absolute Gasteiger partial charge is 0.369 e. The van der Waals surface area contributed by atoms with Gasteiger partial charge in [-0.15, -0.1) is 0 Å². The number of fused-ring (bicyclic) bond motifs is 2. The number of hydrogen-bond donors (Lipinski definition) is 1. The lowest BCUT2D eigenvalue weighted by atomic mass is 9.83. The predicted molar refractivity (Wildman–Crippen MR) is 335 cm³/mol. The van der Waals surface area contributed by atoms with Crippen molar-refractivity contribution in [2.45, 2.75) is 221 Å². The van der Waals surface area contributed by atoms with E-state index in [1.165, 1.54) is 55.4 Å². The highest BCUT2D eigenvalue weighted by Crippen LogP contribution is 2.49. The number of alkyl halides is 1. The first-order chi connectivity index (χ1) is 45.6. The molecule has 0 saturated carbocycles. The molecule has 8 rings (SSSR count). The van der Waals surface area contributed by atoms with Crippen molar-refractivity contribution >= 4 is 63.7 Å². The molecule has 2 aromatic carbocycles. The first kappa shape index (κ1) is 79.1. The molecule has 4 saturated heterocycles. The van der Waals surface area contributed by atoms with Gasteiger partial charge in [0.25, 0.3) is 0 Å². The van der Waals surface area contributed by atoms with Gasteiger partial charge in [0.2, 0.25) is 17.8 Å². The van der Waals surface area contributed by atoms with Crippen LogP contribution in [-0.4, -0.2) is 189 Å². The van der Waals surface area contributed by atoms with E-state index in [1.54, 1.807) is 64.1 Å². The molecule has 6 aliphatic heterocycles. The zero-order valence-electron chi connectivity index (χ0n) is 57.9. The van der Waals surface area contributed by atoms with E-state index >= 15 is 0 Å². The van der Waals surface area contributed by atoms with E-state index in [9.17, 15) is 43.5 Å². The summed E-state index contributed by atoms with van der Waals surface area (Å²) in [4.78, 5) is 94.5. The Hall–Kier alpha value is -6.84. The first-order valence-electron chi connectivity index (χ1n) is 32.0. The van der Waals surface area contributed by atoms with Gasteiger partial charge in [0, 0.05) is 92.9 Å². The summed E-state index contributed by atoms with van der Waals surface area (Å²) in [5, 5.41) is 8.80. The Labute approximate surface area is 572 Å². The second-order valence-electron chi connectivity index (χ2n) is 24.3. The minimum atomic E-state index is -1.39. The van der Waals surface area contributed by atoms with Crippen molar-refractivity contribution < 1.29 is 143 Å². The van der Waals surface area contributed by atoms with E-state index in [4.69, 9.17) is 99.5 Å². The zero-order valence-corrected chi connectivity index (χ0v) is 59.5. The van der Waals surface area contributed by atoms with E-state index in [1.807, 2.05) is 41.5 Å². The zero-order chi connectivity index (χ0) is 72.0. The molecule has 0 aromatic heterocycles. The van der Waals surface area contributed by atoms with Crippen LogP contribution in [0.15, 0.2) is 36.4 Å². The van der Waals surface area contributed by atoms with Crippen molar-refractivity contribution in [2.24, 2.45) is 35.5 Å². The molecule has 6 aliphatic rings. The van der Waals surface area contributed by atoms with Crippen LogP contribution < -0.4 is 23.7 Å².